The van der Waals surface area contributed by atoms with Gasteiger partial charge in [-0.05, 0) is 36.5 Å². The van der Waals surface area contributed by atoms with Crippen LogP contribution >= 0.6 is 12.2 Å². The first kappa shape index (κ1) is 22.2. The van der Waals surface area contributed by atoms with Crippen molar-refractivity contribution >= 4 is 28.9 Å². The normalized spacial score (nSPS) is 15.2. The Morgan fingerprint density at radius 2 is 1.82 bits per heavy atom. The number of amides is 1. The summed E-state index contributed by atoms with van der Waals surface area (Å²) >= 11 is 5.37. The molecular weight excluding hydrogens is 397 g/mol. The molecule has 0 bridgehead atoms. The number of anilines is 1. The topological polar surface area (TPSA) is 66.1 Å². The van der Waals surface area contributed by atoms with Crippen molar-refractivity contribution in [3.63, 3.8) is 0 Å². The lowest BCUT2D eigenvalue weighted by Crippen LogP contribution is -2.52. The number of hydrogen-bond donors (Lipinski definition) is 2. The van der Waals surface area contributed by atoms with Crippen LogP contribution in [0.1, 0.15) is 0 Å². The molecule has 1 aromatic carbocycles. The highest BCUT2D eigenvalue weighted by Gasteiger charge is 2.31. The van der Waals surface area contributed by atoms with E-state index in [1.54, 1.807) is 7.11 Å². The number of ether oxygens (including phenoxy) is 2. The van der Waals surface area contributed by atoms with Gasteiger partial charge in [0.05, 0.1) is 13.2 Å². The van der Waals surface area contributed by atoms with Crippen LogP contribution in [-0.4, -0.2) is 80.2 Å². The fourth-order valence-electron chi connectivity index (χ4n) is 2.60. The number of nitrogens with one attached hydrogen (secondary N) is 2. The Morgan fingerprint density at radius 3 is 2.39 bits per heavy atom. The third-order valence-electron chi connectivity index (χ3n) is 3.99. The van der Waals surface area contributed by atoms with Gasteiger partial charge in [-0.2, -0.15) is 0 Å². The maximum Gasteiger partial charge on any atom is 0.573 e. The summed E-state index contributed by atoms with van der Waals surface area (Å²) < 4.78 is 45.3. The molecule has 1 aliphatic rings. The number of benzene rings is 1. The number of rotatable bonds is 7. The molecule has 28 heavy (non-hydrogen) atoms. The van der Waals surface area contributed by atoms with E-state index in [1.807, 2.05) is 9.80 Å². The van der Waals surface area contributed by atoms with E-state index in [4.69, 9.17) is 17.0 Å². The minimum Gasteiger partial charge on any atom is -0.406 e. The second-order valence-electron chi connectivity index (χ2n) is 6.11. The van der Waals surface area contributed by atoms with Gasteiger partial charge in [0.2, 0.25) is 5.91 Å². The molecule has 1 heterocycles. The van der Waals surface area contributed by atoms with E-state index in [0.29, 0.717) is 56.7 Å². The molecule has 0 unspecified atom stereocenters. The Morgan fingerprint density at radius 1 is 1.18 bits per heavy atom. The lowest BCUT2D eigenvalue weighted by atomic mass is 10.3. The molecule has 0 radical (unpaired) electrons. The van der Waals surface area contributed by atoms with Crippen molar-refractivity contribution in [2.75, 3.05) is 58.3 Å². The van der Waals surface area contributed by atoms with Gasteiger partial charge in [0.15, 0.2) is 5.11 Å². The first-order valence-electron chi connectivity index (χ1n) is 8.66. The Kier molecular flexibility index (Phi) is 8.27. The van der Waals surface area contributed by atoms with E-state index in [-0.39, 0.29) is 11.7 Å². The molecule has 0 aliphatic carbocycles. The van der Waals surface area contributed by atoms with Gasteiger partial charge in [0, 0.05) is 45.5 Å². The van der Waals surface area contributed by atoms with Crippen molar-refractivity contribution < 1.29 is 27.4 Å². The molecular formula is C17H23F3N4O3S. The molecule has 2 rings (SSSR count). The fraction of sp³-hybridized carbons (Fsp3) is 0.529. The lowest BCUT2D eigenvalue weighted by molar-refractivity contribution is -0.274. The average molecular weight is 420 g/mol. The van der Waals surface area contributed by atoms with Crippen LogP contribution in [0.5, 0.6) is 5.75 Å². The predicted molar refractivity (Wildman–Crippen MR) is 102 cm³/mol. The van der Waals surface area contributed by atoms with Crippen LogP contribution in [0.3, 0.4) is 0 Å². The van der Waals surface area contributed by atoms with Crippen LogP contribution in [-0.2, 0) is 9.53 Å². The van der Waals surface area contributed by atoms with E-state index < -0.39 is 6.36 Å². The van der Waals surface area contributed by atoms with E-state index in [0.717, 1.165) is 0 Å². The summed E-state index contributed by atoms with van der Waals surface area (Å²) in [5.74, 6) is -0.339. The highest BCUT2D eigenvalue weighted by Crippen LogP contribution is 2.24. The van der Waals surface area contributed by atoms with Gasteiger partial charge in [0.1, 0.15) is 5.75 Å². The number of halogens is 3. The minimum atomic E-state index is -4.72. The highest BCUT2D eigenvalue weighted by atomic mass is 32.1. The maximum absolute atomic E-state index is 12.2. The number of piperazine rings is 1. The van der Waals surface area contributed by atoms with E-state index in [1.165, 1.54) is 24.3 Å². The summed E-state index contributed by atoms with van der Waals surface area (Å²) in [6, 6.07) is 5.37. The molecule has 1 saturated heterocycles. The fourth-order valence-corrected chi connectivity index (χ4v) is 2.90. The third kappa shape index (κ3) is 7.87. The number of carbonyl (C=O) groups excluding carboxylic acids is 1. The van der Waals surface area contributed by atoms with Gasteiger partial charge in [-0.3, -0.25) is 9.69 Å². The number of nitrogens with zero attached hydrogens (tertiary/aromatic N) is 2. The van der Waals surface area contributed by atoms with Crippen LogP contribution in [0, 0.1) is 0 Å². The van der Waals surface area contributed by atoms with E-state index in [9.17, 15) is 18.0 Å². The van der Waals surface area contributed by atoms with E-state index in [2.05, 4.69) is 15.4 Å². The molecule has 1 aromatic rings. The molecule has 1 fully saturated rings. The van der Waals surface area contributed by atoms with Gasteiger partial charge < -0.3 is 25.0 Å². The van der Waals surface area contributed by atoms with Gasteiger partial charge >= 0.3 is 6.36 Å². The lowest BCUT2D eigenvalue weighted by Gasteiger charge is -2.35. The minimum absolute atomic E-state index is 0.0487. The summed E-state index contributed by atoms with van der Waals surface area (Å²) in [4.78, 5) is 15.8. The van der Waals surface area contributed by atoms with Crippen LogP contribution in [0.25, 0.3) is 0 Å². The molecule has 0 saturated carbocycles. The molecule has 2 N–H and O–H groups in total. The smallest absolute Gasteiger partial charge is 0.406 e. The summed E-state index contributed by atoms with van der Waals surface area (Å²) in [5, 5.41) is 6.26. The predicted octanol–water partition coefficient (Wildman–Crippen LogP) is 1.66. The molecule has 7 nitrogen and oxygen atoms in total. The maximum atomic E-state index is 12.2. The Bertz CT molecular complexity index is 650. The first-order chi connectivity index (χ1) is 13.3. The van der Waals surface area contributed by atoms with Crippen molar-refractivity contribution in [1.29, 1.82) is 0 Å². The Hall–Kier alpha value is -2.11. The van der Waals surface area contributed by atoms with Crippen LogP contribution in [0.4, 0.5) is 18.9 Å². The van der Waals surface area contributed by atoms with Crippen molar-refractivity contribution in [1.82, 2.24) is 15.1 Å². The van der Waals surface area contributed by atoms with Crippen LogP contribution in [0.2, 0.25) is 0 Å². The number of methoxy groups -OCH3 is 1. The van der Waals surface area contributed by atoms with Crippen molar-refractivity contribution in [2.45, 2.75) is 6.36 Å². The van der Waals surface area contributed by atoms with Crippen molar-refractivity contribution in [2.24, 2.45) is 0 Å². The molecule has 11 heteroatoms. The summed E-state index contributed by atoms with van der Waals surface area (Å²) in [5.41, 5.74) is 0.569. The largest absolute Gasteiger partial charge is 0.573 e. The van der Waals surface area contributed by atoms with Gasteiger partial charge in [-0.1, -0.05) is 0 Å². The molecule has 156 valence electrons. The van der Waals surface area contributed by atoms with E-state index >= 15 is 0 Å². The summed E-state index contributed by atoms with van der Waals surface area (Å²) in [6.45, 7) is 3.92. The quantitative estimate of drug-likeness (QED) is 0.514. The molecule has 0 spiro atoms. The first-order valence-corrected chi connectivity index (χ1v) is 9.07. The number of hydrogen-bond acceptors (Lipinski definition) is 5. The SMILES string of the molecule is COCCNC(=O)CN1CCN(C(=S)Nc2ccc(OC(F)(F)F)cc2)CC1. The van der Waals surface area contributed by atoms with Gasteiger partial charge in [-0.25, -0.2) is 0 Å². The molecule has 1 amide bonds. The average Bonchev–Trinajstić information content (AvgIpc) is 2.63. The molecule has 1 aliphatic heterocycles. The van der Waals surface area contributed by atoms with Crippen LogP contribution in [0.15, 0.2) is 24.3 Å². The number of alkyl halides is 3. The van der Waals surface area contributed by atoms with Gasteiger partial charge in [0.25, 0.3) is 0 Å². The molecule has 0 aromatic heterocycles. The number of thiocarbonyl (C=S) groups is 1. The second-order valence-corrected chi connectivity index (χ2v) is 6.49. The second kappa shape index (κ2) is 10.4. The molecule has 0 atom stereocenters. The number of carbonyl (C=O) groups is 1. The van der Waals surface area contributed by atoms with Crippen molar-refractivity contribution in [3.05, 3.63) is 24.3 Å². The summed E-state index contributed by atoms with van der Waals surface area (Å²) in [6.07, 6.45) is -4.72. The monoisotopic (exact) mass is 420 g/mol. The third-order valence-corrected chi connectivity index (χ3v) is 4.35. The van der Waals surface area contributed by atoms with Gasteiger partial charge in [-0.15, -0.1) is 13.2 Å². The Labute approximate surface area is 166 Å². The summed E-state index contributed by atoms with van der Waals surface area (Å²) in [7, 11) is 1.58. The zero-order chi connectivity index (χ0) is 20.6. The zero-order valence-corrected chi connectivity index (χ0v) is 16.2. The highest BCUT2D eigenvalue weighted by molar-refractivity contribution is 7.80. The standard InChI is InChI=1S/C17H23F3N4O3S/c1-26-11-6-21-15(25)12-23-7-9-24(10-8-23)16(28)22-13-2-4-14(5-3-13)27-17(18,19)20/h2-5H,6-12H2,1H3,(H,21,25)(H,22,28). The van der Waals surface area contributed by atoms with Crippen molar-refractivity contribution in [3.8, 4) is 5.75 Å². The Balaban J connectivity index is 1.74. The zero-order valence-electron chi connectivity index (χ0n) is 15.4. The van der Waals surface area contributed by atoms with Crippen LogP contribution < -0.4 is 15.4 Å².